The highest BCUT2D eigenvalue weighted by atomic mass is 16.5. The van der Waals surface area contributed by atoms with E-state index in [1.54, 1.807) is 24.3 Å². The van der Waals surface area contributed by atoms with E-state index in [1.165, 1.54) is 22.3 Å². The van der Waals surface area contributed by atoms with Crippen molar-refractivity contribution in [1.82, 2.24) is 5.32 Å². The number of ether oxygens (including phenoxy) is 1. The van der Waals surface area contributed by atoms with Crippen molar-refractivity contribution < 1.29 is 19.4 Å². The van der Waals surface area contributed by atoms with E-state index >= 15 is 0 Å². The van der Waals surface area contributed by atoms with Crippen LogP contribution in [0.1, 0.15) is 39.9 Å². The van der Waals surface area contributed by atoms with E-state index in [2.05, 4.69) is 29.6 Å². The maximum Gasteiger partial charge on any atom is 0.407 e. The first kappa shape index (κ1) is 19.7. The highest BCUT2D eigenvalue weighted by Gasteiger charge is 2.29. The van der Waals surface area contributed by atoms with E-state index in [1.807, 2.05) is 31.2 Å². The van der Waals surface area contributed by atoms with Gasteiger partial charge in [0.2, 0.25) is 0 Å². The maximum absolute atomic E-state index is 12.4. The lowest BCUT2D eigenvalue weighted by Gasteiger charge is -2.17. The Morgan fingerprint density at radius 3 is 2.07 bits per heavy atom. The Labute approximate surface area is 175 Å². The molecule has 4 rings (SSSR count). The van der Waals surface area contributed by atoms with Crippen molar-refractivity contribution >= 4 is 12.1 Å². The van der Waals surface area contributed by atoms with Crippen molar-refractivity contribution in [2.75, 3.05) is 6.61 Å². The molecule has 0 unspecified atom stereocenters. The summed E-state index contributed by atoms with van der Waals surface area (Å²) < 4.78 is 5.57. The topological polar surface area (TPSA) is 75.6 Å². The van der Waals surface area contributed by atoms with Crippen molar-refractivity contribution in [3.05, 3.63) is 95.1 Å². The lowest BCUT2D eigenvalue weighted by Crippen LogP contribution is -2.35. The predicted octanol–water partition coefficient (Wildman–Crippen LogP) is 4.85. The fraction of sp³-hybridized carbons (Fsp3) is 0.200. The number of nitrogens with one attached hydrogen (secondary N) is 1. The molecule has 3 aromatic carbocycles. The number of carboxylic acids is 1. The summed E-state index contributed by atoms with van der Waals surface area (Å²) in [6.45, 7) is 2.17. The van der Waals surface area contributed by atoms with Crippen molar-refractivity contribution in [1.29, 1.82) is 0 Å². The first-order chi connectivity index (χ1) is 14.5. The molecule has 1 aliphatic carbocycles. The number of carbonyl (C=O) groups is 2. The van der Waals surface area contributed by atoms with Crippen LogP contribution >= 0.6 is 0 Å². The Hall–Kier alpha value is -3.60. The van der Waals surface area contributed by atoms with Crippen LogP contribution in [0.25, 0.3) is 11.1 Å². The van der Waals surface area contributed by atoms with Crippen LogP contribution < -0.4 is 5.32 Å². The number of benzene rings is 3. The third-order valence-corrected chi connectivity index (χ3v) is 5.45. The molecule has 2 N–H and O–H groups in total. The number of carbonyl (C=O) groups excluding carboxylic acids is 1. The van der Waals surface area contributed by atoms with Crippen LogP contribution in [0.5, 0.6) is 0 Å². The van der Waals surface area contributed by atoms with Gasteiger partial charge in [-0.3, -0.25) is 0 Å². The Kier molecular flexibility index (Phi) is 5.53. The van der Waals surface area contributed by atoms with Gasteiger partial charge in [-0.05, 0) is 53.3 Å². The van der Waals surface area contributed by atoms with E-state index in [0.717, 1.165) is 5.56 Å². The number of hydrogen-bond acceptors (Lipinski definition) is 3. The smallest absolute Gasteiger partial charge is 0.407 e. The Bertz CT molecular complexity index is 1030. The standard InChI is InChI=1S/C25H23NO4/c1-16(14-17-10-12-18(13-11-17)24(27)28)26-25(29)30-15-23-21-8-4-2-6-19(21)20-7-3-5-9-22(20)23/h2-13,16,23H,14-15H2,1H3,(H,26,29)(H,27,28)/t16-/m1/s1. The quantitative estimate of drug-likeness (QED) is 0.619. The van der Waals surface area contributed by atoms with Crippen molar-refractivity contribution in [3.8, 4) is 11.1 Å². The summed E-state index contributed by atoms with van der Waals surface area (Å²) in [7, 11) is 0. The van der Waals surface area contributed by atoms with Gasteiger partial charge in [0, 0.05) is 12.0 Å². The molecule has 0 aromatic heterocycles. The van der Waals surface area contributed by atoms with Crippen LogP contribution in [0.4, 0.5) is 4.79 Å². The van der Waals surface area contributed by atoms with Crippen LogP contribution in [0.3, 0.4) is 0 Å². The highest BCUT2D eigenvalue weighted by Crippen LogP contribution is 2.44. The largest absolute Gasteiger partial charge is 0.478 e. The minimum atomic E-state index is -0.952. The molecule has 0 fully saturated rings. The van der Waals surface area contributed by atoms with Crippen LogP contribution in [0.2, 0.25) is 0 Å². The van der Waals surface area contributed by atoms with Crippen molar-refractivity contribution in [2.45, 2.75) is 25.3 Å². The van der Waals surface area contributed by atoms with E-state index in [9.17, 15) is 9.59 Å². The van der Waals surface area contributed by atoms with Gasteiger partial charge in [-0.25, -0.2) is 9.59 Å². The number of amides is 1. The SMILES string of the molecule is C[C@H](Cc1ccc(C(=O)O)cc1)NC(=O)OCC1c2ccccc2-c2ccccc21. The van der Waals surface area contributed by atoms with Gasteiger partial charge >= 0.3 is 12.1 Å². The fourth-order valence-electron chi connectivity index (χ4n) is 4.03. The Balaban J connectivity index is 1.35. The number of hydrogen-bond donors (Lipinski definition) is 2. The summed E-state index contributed by atoms with van der Waals surface area (Å²) in [6.07, 6.45) is 0.135. The monoisotopic (exact) mass is 401 g/mol. The second kappa shape index (κ2) is 8.41. The van der Waals surface area contributed by atoms with Crippen molar-refractivity contribution in [2.24, 2.45) is 0 Å². The number of fused-ring (bicyclic) bond motifs is 3. The van der Waals surface area contributed by atoms with Crippen molar-refractivity contribution in [3.63, 3.8) is 0 Å². The number of alkyl carbamates (subject to hydrolysis) is 1. The van der Waals surface area contributed by atoms with Crippen LogP contribution in [0, 0.1) is 0 Å². The lowest BCUT2D eigenvalue weighted by atomic mass is 9.98. The third-order valence-electron chi connectivity index (χ3n) is 5.45. The molecule has 0 saturated carbocycles. The molecule has 3 aromatic rings. The van der Waals surface area contributed by atoms with Gasteiger partial charge in [-0.2, -0.15) is 0 Å². The molecule has 5 nitrogen and oxygen atoms in total. The number of rotatable bonds is 6. The minimum absolute atomic E-state index is 0.0296. The fourth-order valence-corrected chi connectivity index (χ4v) is 4.03. The Morgan fingerprint density at radius 2 is 1.50 bits per heavy atom. The molecule has 30 heavy (non-hydrogen) atoms. The van der Waals surface area contributed by atoms with Crippen LogP contribution in [-0.2, 0) is 11.2 Å². The molecule has 0 radical (unpaired) electrons. The molecule has 0 spiro atoms. The van der Waals surface area contributed by atoms with Gasteiger partial charge in [0.05, 0.1) is 5.56 Å². The molecule has 1 aliphatic rings. The molecule has 152 valence electrons. The summed E-state index contributed by atoms with van der Waals surface area (Å²) in [5.41, 5.74) is 5.94. The van der Waals surface area contributed by atoms with Crippen LogP contribution in [-0.4, -0.2) is 29.8 Å². The Morgan fingerprint density at radius 1 is 0.933 bits per heavy atom. The third kappa shape index (κ3) is 4.06. The molecular weight excluding hydrogens is 378 g/mol. The van der Waals surface area contributed by atoms with Gasteiger partial charge < -0.3 is 15.2 Å². The predicted molar refractivity (Wildman–Crippen MR) is 115 cm³/mol. The average molecular weight is 401 g/mol. The maximum atomic E-state index is 12.4. The van der Waals surface area contributed by atoms with E-state index in [0.29, 0.717) is 6.42 Å². The first-order valence-electron chi connectivity index (χ1n) is 9.96. The molecule has 0 bridgehead atoms. The normalized spacial score (nSPS) is 13.2. The average Bonchev–Trinajstić information content (AvgIpc) is 3.06. The van der Waals surface area contributed by atoms with E-state index in [-0.39, 0.29) is 24.1 Å². The summed E-state index contributed by atoms with van der Waals surface area (Å²) >= 11 is 0. The molecule has 5 heteroatoms. The van der Waals surface area contributed by atoms with Crippen LogP contribution in [0.15, 0.2) is 72.8 Å². The zero-order valence-corrected chi connectivity index (χ0v) is 16.7. The molecule has 1 atom stereocenters. The molecular formula is C25H23NO4. The minimum Gasteiger partial charge on any atom is -0.478 e. The lowest BCUT2D eigenvalue weighted by molar-refractivity contribution is 0.0696. The van der Waals surface area contributed by atoms with E-state index in [4.69, 9.17) is 9.84 Å². The van der Waals surface area contributed by atoms with Gasteiger partial charge in [-0.15, -0.1) is 0 Å². The molecule has 1 amide bonds. The second-order valence-corrected chi connectivity index (χ2v) is 7.58. The molecule has 0 aliphatic heterocycles. The first-order valence-corrected chi connectivity index (χ1v) is 9.96. The highest BCUT2D eigenvalue weighted by molar-refractivity contribution is 5.87. The second-order valence-electron chi connectivity index (χ2n) is 7.58. The van der Waals surface area contributed by atoms with E-state index < -0.39 is 12.1 Å². The molecule has 0 heterocycles. The summed E-state index contributed by atoms with van der Waals surface area (Å²) in [4.78, 5) is 23.3. The van der Waals surface area contributed by atoms with Gasteiger partial charge in [-0.1, -0.05) is 60.7 Å². The number of aromatic carboxylic acids is 1. The van der Waals surface area contributed by atoms with Gasteiger partial charge in [0.15, 0.2) is 0 Å². The zero-order valence-electron chi connectivity index (χ0n) is 16.7. The molecule has 0 saturated heterocycles. The number of carboxylic acid groups (broad SMARTS) is 1. The summed E-state index contributed by atoms with van der Waals surface area (Å²) in [6, 6.07) is 23.0. The zero-order chi connectivity index (χ0) is 21.1. The van der Waals surface area contributed by atoms with Gasteiger partial charge in [0.1, 0.15) is 6.61 Å². The van der Waals surface area contributed by atoms with Gasteiger partial charge in [0.25, 0.3) is 0 Å². The summed E-state index contributed by atoms with van der Waals surface area (Å²) in [5.74, 6) is -0.923. The summed E-state index contributed by atoms with van der Waals surface area (Å²) in [5, 5.41) is 11.8.